The van der Waals surface area contributed by atoms with Crippen LogP contribution in [-0.2, 0) is 27.2 Å². The number of nitrogens with zero attached hydrogens (tertiary/aromatic N) is 1. The quantitative estimate of drug-likeness (QED) is 0.787. The highest BCUT2D eigenvalue weighted by Crippen LogP contribution is 2.30. The molecular formula is C17H17NO3S. The first-order valence-electron chi connectivity index (χ1n) is 7.21. The molecule has 0 saturated heterocycles. The Kier molecular flexibility index (Phi) is 4.34. The number of aryl methyl sites for hydroxylation is 1. The molecule has 0 spiro atoms. The molecule has 1 aromatic rings. The van der Waals surface area contributed by atoms with E-state index in [4.69, 9.17) is 4.74 Å². The number of fused-ring (bicyclic) bond motifs is 1. The minimum atomic E-state index is -0.485. The second-order valence-corrected chi connectivity index (χ2v) is 6.11. The fourth-order valence-electron chi connectivity index (χ4n) is 2.89. The van der Waals surface area contributed by atoms with Crippen LogP contribution in [0.25, 0.3) is 0 Å². The zero-order valence-corrected chi connectivity index (χ0v) is 13.1. The Morgan fingerprint density at radius 3 is 2.82 bits per heavy atom. The van der Waals surface area contributed by atoms with Gasteiger partial charge in [-0.3, -0.25) is 9.69 Å². The smallest absolute Gasteiger partial charge is 0.355 e. The Morgan fingerprint density at radius 1 is 1.27 bits per heavy atom. The normalized spacial score (nSPS) is 20.1. The van der Waals surface area contributed by atoms with Gasteiger partial charge in [0.1, 0.15) is 5.70 Å². The van der Waals surface area contributed by atoms with Crippen molar-refractivity contribution < 1.29 is 14.3 Å². The maximum atomic E-state index is 12.8. The van der Waals surface area contributed by atoms with Gasteiger partial charge in [0, 0.05) is 17.5 Å². The lowest BCUT2D eigenvalue weighted by Crippen LogP contribution is -2.37. The zero-order valence-electron chi connectivity index (χ0n) is 12.3. The highest BCUT2D eigenvalue weighted by molar-refractivity contribution is 8.05. The molecule has 1 amide bonds. The number of thioether (sulfide) groups is 1. The molecule has 1 aromatic carbocycles. The van der Waals surface area contributed by atoms with Crippen LogP contribution in [0.5, 0.6) is 0 Å². The van der Waals surface area contributed by atoms with E-state index < -0.39 is 5.97 Å². The summed E-state index contributed by atoms with van der Waals surface area (Å²) in [7, 11) is 1.33. The third-order valence-electron chi connectivity index (χ3n) is 4.06. The molecule has 0 fully saturated rings. The van der Waals surface area contributed by atoms with Gasteiger partial charge in [-0.05, 0) is 35.8 Å². The molecule has 0 radical (unpaired) electrons. The van der Waals surface area contributed by atoms with E-state index in [1.54, 1.807) is 17.0 Å². The highest BCUT2D eigenvalue weighted by Gasteiger charge is 2.32. The lowest BCUT2D eigenvalue weighted by Gasteiger charge is -2.29. The minimum absolute atomic E-state index is 0.0392. The van der Waals surface area contributed by atoms with Gasteiger partial charge in [0.2, 0.25) is 5.91 Å². The van der Waals surface area contributed by atoms with Crippen molar-refractivity contribution in [2.75, 3.05) is 7.11 Å². The van der Waals surface area contributed by atoms with Gasteiger partial charge in [-0.15, -0.1) is 11.8 Å². The van der Waals surface area contributed by atoms with E-state index in [9.17, 15) is 9.59 Å². The summed E-state index contributed by atoms with van der Waals surface area (Å²) in [6, 6.07) is 8.23. The summed E-state index contributed by atoms with van der Waals surface area (Å²) in [6.45, 7) is 0. The molecule has 22 heavy (non-hydrogen) atoms. The first-order chi connectivity index (χ1) is 10.7. The van der Waals surface area contributed by atoms with Gasteiger partial charge in [0.15, 0.2) is 0 Å². The number of benzene rings is 1. The monoisotopic (exact) mass is 315 g/mol. The fourth-order valence-corrected chi connectivity index (χ4v) is 3.49. The van der Waals surface area contributed by atoms with Crippen molar-refractivity contribution in [2.24, 2.45) is 5.92 Å². The first kappa shape index (κ1) is 14.9. The first-order valence-corrected chi connectivity index (χ1v) is 8.15. The van der Waals surface area contributed by atoms with Crippen LogP contribution in [0.1, 0.15) is 17.5 Å². The van der Waals surface area contributed by atoms with Gasteiger partial charge in [-0.25, -0.2) is 4.79 Å². The Labute approximate surface area is 133 Å². The third-order valence-corrected chi connectivity index (χ3v) is 4.69. The van der Waals surface area contributed by atoms with Gasteiger partial charge >= 0.3 is 5.97 Å². The molecule has 0 saturated carbocycles. The number of rotatable bonds is 2. The number of carbonyl (C=O) groups is 2. The summed E-state index contributed by atoms with van der Waals surface area (Å²) in [5, 5.41) is 3.45. The Bertz CT molecular complexity index is 666. The summed E-state index contributed by atoms with van der Waals surface area (Å²) in [6.07, 6.45) is 4.08. The highest BCUT2D eigenvalue weighted by atomic mass is 32.2. The molecule has 114 valence electrons. The van der Waals surface area contributed by atoms with Crippen LogP contribution in [0.15, 0.2) is 47.0 Å². The average Bonchev–Trinajstić information content (AvgIpc) is 2.60. The molecule has 1 heterocycles. The largest absolute Gasteiger partial charge is 0.464 e. The molecule has 1 aliphatic heterocycles. The van der Waals surface area contributed by atoms with Crippen molar-refractivity contribution in [3.63, 3.8) is 0 Å². The molecule has 5 heteroatoms. The van der Waals surface area contributed by atoms with Crippen LogP contribution < -0.4 is 0 Å². The zero-order chi connectivity index (χ0) is 15.5. The van der Waals surface area contributed by atoms with Crippen molar-refractivity contribution in [3.05, 3.63) is 58.1 Å². The summed E-state index contributed by atoms with van der Waals surface area (Å²) in [4.78, 5) is 26.1. The second kappa shape index (κ2) is 6.40. The maximum Gasteiger partial charge on any atom is 0.355 e. The van der Waals surface area contributed by atoms with E-state index >= 15 is 0 Å². The Hall–Kier alpha value is -2.01. The van der Waals surface area contributed by atoms with Crippen LogP contribution in [0.2, 0.25) is 0 Å². The van der Waals surface area contributed by atoms with Crippen LogP contribution >= 0.6 is 11.8 Å². The lowest BCUT2D eigenvalue weighted by atomic mass is 9.83. The van der Waals surface area contributed by atoms with Gasteiger partial charge in [0.25, 0.3) is 0 Å². The summed E-state index contributed by atoms with van der Waals surface area (Å²) in [5.74, 6) is -0.625. The minimum Gasteiger partial charge on any atom is -0.464 e. The topological polar surface area (TPSA) is 46.6 Å². The van der Waals surface area contributed by atoms with Crippen LogP contribution in [0.3, 0.4) is 0 Å². The van der Waals surface area contributed by atoms with E-state index in [1.165, 1.54) is 34.9 Å². The Morgan fingerprint density at radius 2 is 2.05 bits per heavy atom. The lowest BCUT2D eigenvalue weighted by molar-refractivity contribution is -0.142. The number of methoxy groups -OCH3 is 1. The molecule has 0 N–H and O–H groups in total. The molecule has 1 aliphatic carbocycles. The molecule has 0 bridgehead atoms. The van der Waals surface area contributed by atoms with Crippen molar-refractivity contribution >= 4 is 23.6 Å². The molecule has 1 atom stereocenters. The van der Waals surface area contributed by atoms with Crippen molar-refractivity contribution in [1.82, 2.24) is 4.90 Å². The predicted molar refractivity (Wildman–Crippen MR) is 85.6 cm³/mol. The summed E-state index contributed by atoms with van der Waals surface area (Å²) in [5.41, 5.74) is 2.84. The number of carbonyl (C=O) groups excluding carboxylic acids is 2. The Balaban J connectivity index is 1.79. The predicted octanol–water partition coefficient (Wildman–Crippen LogP) is 2.85. The van der Waals surface area contributed by atoms with Gasteiger partial charge in [-0.1, -0.05) is 24.3 Å². The van der Waals surface area contributed by atoms with E-state index in [2.05, 4.69) is 12.1 Å². The van der Waals surface area contributed by atoms with Gasteiger partial charge in [-0.2, -0.15) is 0 Å². The van der Waals surface area contributed by atoms with Gasteiger partial charge < -0.3 is 4.74 Å². The number of amides is 1. The van der Waals surface area contributed by atoms with Crippen LogP contribution in [0.4, 0.5) is 0 Å². The van der Waals surface area contributed by atoms with E-state index in [1.807, 2.05) is 12.1 Å². The van der Waals surface area contributed by atoms with Crippen LogP contribution in [-0.4, -0.2) is 23.9 Å². The third kappa shape index (κ3) is 2.81. The average molecular weight is 315 g/mol. The van der Waals surface area contributed by atoms with E-state index in [-0.39, 0.29) is 11.8 Å². The molecular weight excluding hydrogens is 298 g/mol. The SMILES string of the molecule is COC(=O)C1=CSC=CN1C(=O)C1CCc2ccccc2C1. The van der Waals surface area contributed by atoms with Crippen molar-refractivity contribution in [2.45, 2.75) is 19.3 Å². The summed E-state index contributed by atoms with van der Waals surface area (Å²) >= 11 is 1.37. The number of ether oxygens (including phenoxy) is 1. The van der Waals surface area contributed by atoms with Gasteiger partial charge in [0.05, 0.1) is 7.11 Å². The number of hydrogen-bond donors (Lipinski definition) is 0. The fraction of sp³-hybridized carbons (Fsp3) is 0.294. The molecule has 1 unspecified atom stereocenters. The number of hydrogen-bond acceptors (Lipinski definition) is 4. The molecule has 2 aliphatic rings. The van der Waals surface area contributed by atoms with E-state index in [0.717, 1.165) is 19.3 Å². The standard InChI is InChI=1S/C17H17NO3S/c1-21-17(20)15-11-22-9-8-18(15)16(19)14-7-6-12-4-2-3-5-13(12)10-14/h2-5,8-9,11,14H,6-7,10H2,1H3. The summed E-state index contributed by atoms with van der Waals surface area (Å²) < 4.78 is 4.77. The second-order valence-electron chi connectivity index (χ2n) is 5.33. The van der Waals surface area contributed by atoms with E-state index in [0.29, 0.717) is 5.70 Å². The maximum absolute atomic E-state index is 12.8. The molecule has 4 nitrogen and oxygen atoms in total. The van der Waals surface area contributed by atoms with Crippen molar-refractivity contribution in [1.29, 1.82) is 0 Å². The molecule has 3 rings (SSSR count). The number of esters is 1. The van der Waals surface area contributed by atoms with Crippen LogP contribution in [0, 0.1) is 5.92 Å². The van der Waals surface area contributed by atoms with Crippen molar-refractivity contribution in [3.8, 4) is 0 Å². The molecule has 0 aromatic heterocycles.